The minimum atomic E-state index is -1.14. The highest BCUT2D eigenvalue weighted by Gasteiger charge is 2.12. The third kappa shape index (κ3) is 3.73. The van der Waals surface area contributed by atoms with Crippen LogP contribution in [0.4, 0.5) is 14.5 Å². The molecule has 0 spiro atoms. The lowest BCUT2D eigenvalue weighted by molar-refractivity contribution is -0.384. The number of ether oxygens (including phenoxy) is 1. The van der Waals surface area contributed by atoms with Crippen molar-refractivity contribution in [1.29, 1.82) is 0 Å². The molecule has 0 aliphatic heterocycles. The predicted molar refractivity (Wildman–Crippen MR) is 69.9 cm³/mol. The Bertz CT molecular complexity index is 646. The van der Waals surface area contributed by atoms with Gasteiger partial charge in [-0.15, -0.1) is 0 Å². The van der Waals surface area contributed by atoms with Crippen LogP contribution >= 0.6 is 0 Å². The van der Waals surface area contributed by atoms with E-state index in [-0.39, 0.29) is 17.9 Å². The molecule has 1 unspecified atom stereocenters. The second-order valence-corrected chi connectivity index (χ2v) is 4.25. The molecule has 1 N–H and O–H groups in total. The first-order chi connectivity index (χ1) is 9.97. The van der Waals surface area contributed by atoms with Crippen molar-refractivity contribution < 1.29 is 23.5 Å². The number of nitrogens with zero attached hydrogens (tertiary/aromatic N) is 1. The topological polar surface area (TPSA) is 72.6 Å². The number of aliphatic hydroxyl groups is 1. The number of halogens is 2. The highest BCUT2D eigenvalue weighted by molar-refractivity contribution is 5.36. The minimum Gasteiger partial charge on any atom is -0.491 e. The molecule has 2 aromatic carbocycles. The second-order valence-electron chi connectivity index (χ2n) is 4.25. The molecule has 7 heteroatoms. The first-order valence-electron chi connectivity index (χ1n) is 5.97. The fourth-order valence-electron chi connectivity index (χ4n) is 1.66. The average molecular weight is 295 g/mol. The summed E-state index contributed by atoms with van der Waals surface area (Å²) < 4.78 is 31.0. The van der Waals surface area contributed by atoms with Crippen molar-refractivity contribution in [2.24, 2.45) is 0 Å². The molecule has 0 saturated carbocycles. The molecule has 0 fully saturated rings. The molecule has 0 amide bonds. The van der Waals surface area contributed by atoms with Crippen LogP contribution in [0, 0.1) is 21.7 Å². The summed E-state index contributed by atoms with van der Waals surface area (Å²) in [5, 5.41) is 20.3. The Kier molecular flexibility index (Phi) is 4.44. The summed E-state index contributed by atoms with van der Waals surface area (Å²) in [6.07, 6.45) is -1.14. The summed E-state index contributed by atoms with van der Waals surface area (Å²) in [6.45, 7) is -0.192. The second kappa shape index (κ2) is 6.27. The van der Waals surface area contributed by atoms with Gasteiger partial charge in [-0.2, -0.15) is 0 Å². The lowest BCUT2D eigenvalue weighted by Crippen LogP contribution is -2.10. The van der Waals surface area contributed by atoms with Crippen LogP contribution in [0.1, 0.15) is 11.7 Å². The molecule has 2 rings (SSSR count). The Morgan fingerprint density at radius 1 is 1.14 bits per heavy atom. The summed E-state index contributed by atoms with van der Waals surface area (Å²) in [4.78, 5) is 9.94. The van der Waals surface area contributed by atoms with Gasteiger partial charge in [0.2, 0.25) is 0 Å². The summed E-state index contributed by atoms with van der Waals surface area (Å²) >= 11 is 0. The number of benzene rings is 2. The molecule has 110 valence electrons. The molecule has 1 atom stereocenters. The van der Waals surface area contributed by atoms with Gasteiger partial charge in [0.25, 0.3) is 5.69 Å². The van der Waals surface area contributed by atoms with Gasteiger partial charge in [-0.25, -0.2) is 8.78 Å². The average Bonchev–Trinajstić information content (AvgIpc) is 2.48. The number of hydrogen-bond acceptors (Lipinski definition) is 4. The van der Waals surface area contributed by atoms with Gasteiger partial charge in [-0.1, -0.05) is 6.07 Å². The van der Waals surface area contributed by atoms with E-state index in [1.165, 1.54) is 30.3 Å². The molecular formula is C14H11F2NO4. The highest BCUT2D eigenvalue weighted by atomic mass is 19.2. The molecule has 0 heterocycles. The third-order valence-electron chi connectivity index (χ3n) is 2.78. The van der Waals surface area contributed by atoms with Crippen molar-refractivity contribution in [2.75, 3.05) is 6.61 Å². The molecule has 5 nitrogen and oxygen atoms in total. The maximum absolute atomic E-state index is 13.0. The number of nitro benzene ring substituents is 1. The van der Waals surface area contributed by atoms with Crippen LogP contribution in [0.5, 0.6) is 5.75 Å². The van der Waals surface area contributed by atoms with Crippen LogP contribution in [0.25, 0.3) is 0 Å². The molecule has 0 aliphatic carbocycles. The van der Waals surface area contributed by atoms with Gasteiger partial charge < -0.3 is 9.84 Å². The zero-order valence-corrected chi connectivity index (χ0v) is 10.7. The zero-order valence-electron chi connectivity index (χ0n) is 10.7. The molecule has 21 heavy (non-hydrogen) atoms. The van der Waals surface area contributed by atoms with Gasteiger partial charge in [-0.05, 0) is 29.8 Å². The number of rotatable bonds is 5. The van der Waals surface area contributed by atoms with Crippen LogP contribution < -0.4 is 4.74 Å². The fourth-order valence-corrected chi connectivity index (χ4v) is 1.66. The van der Waals surface area contributed by atoms with E-state index in [4.69, 9.17) is 4.74 Å². The van der Waals surface area contributed by atoms with E-state index in [0.29, 0.717) is 5.75 Å². The van der Waals surface area contributed by atoms with Gasteiger partial charge in [0.1, 0.15) is 18.5 Å². The largest absolute Gasteiger partial charge is 0.491 e. The first kappa shape index (κ1) is 14.9. The van der Waals surface area contributed by atoms with Crippen molar-refractivity contribution >= 4 is 5.69 Å². The highest BCUT2D eigenvalue weighted by Crippen LogP contribution is 2.20. The summed E-state index contributed by atoms with van der Waals surface area (Å²) in [6, 6.07) is 8.35. The molecule has 0 aliphatic rings. The number of nitro groups is 1. The van der Waals surface area contributed by atoms with E-state index in [1.54, 1.807) is 0 Å². The summed E-state index contributed by atoms with van der Waals surface area (Å²) in [5.41, 5.74) is 0.0966. The standard InChI is InChI=1S/C14H11F2NO4/c15-12-6-1-9(7-13(12)16)14(18)8-21-11-4-2-10(3-5-11)17(19)20/h1-7,14,18H,8H2. The van der Waals surface area contributed by atoms with Gasteiger partial charge in [0.05, 0.1) is 4.92 Å². The SMILES string of the molecule is O=[N+]([O-])c1ccc(OCC(O)c2ccc(F)c(F)c2)cc1. The Hall–Kier alpha value is -2.54. The van der Waals surface area contributed by atoms with Crippen molar-refractivity contribution in [3.8, 4) is 5.75 Å². The molecule has 2 aromatic rings. The van der Waals surface area contributed by atoms with Crippen LogP contribution in [0.2, 0.25) is 0 Å². The molecule has 0 aromatic heterocycles. The lowest BCUT2D eigenvalue weighted by atomic mass is 10.1. The number of hydrogen-bond donors (Lipinski definition) is 1. The number of aliphatic hydroxyl groups excluding tert-OH is 1. The Labute approximate surface area is 118 Å². The smallest absolute Gasteiger partial charge is 0.269 e. The van der Waals surface area contributed by atoms with Crippen molar-refractivity contribution in [1.82, 2.24) is 0 Å². The molecule has 0 saturated heterocycles. The Balaban J connectivity index is 1.98. The molecule has 0 bridgehead atoms. The Morgan fingerprint density at radius 2 is 1.81 bits per heavy atom. The predicted octanol–water partition coefficient (Wildman–Crippen LogP) is 2.99. The molecule has 0 radical (unpaired) electrons. The van der Waals surface area contributed by atoms with E-state index in [9.17, 15) is 24.0 Å². The fraction of sp³-hybridized carbons (Fsp3) is 0.143. The van der Waals surface area contributed by atoms with Gasteiger partial charge in [0, 0.05) is 12.1 Å². The van der Waals surface area contributed by atoms with E-state index >= 15 is 0 Å². The zero-order chi connectivity index (χ0) is 15.4. The lowest BCUT2D eigenvalue weighted by Gasteiger charge is -2.12. The quantitative estimate of drug-likeness (QED) is 0.680. The van der Waals surface area contributed by atoms with Crippen molar-refractivity contribution in [3.05, 3.63) is 69.8 Å². The van der Waals surface area contributed by atoms with E-state index in [1.807, 2.05) is 0 Å². The summed E-state index contributed by atoms with van der Waals surface area (Å²) in [5.74, 6) is -1.73. The first-order valence-corrected chi connectivity index (χ1v) is 5.97. The third-order valence-corrected chi connectivity index (χ3v) is 2.78. The Morgan fingerprint density at radius 3 is 2.38 bits per heavy atom. The van der Waals surface area contributed by atoms with Gasteiger partial charge >= 0.3 is 0 Å². The van der Waals surface area contributed by atoms with Gasteiger partial charge in [0.15, 0.2) is 11.6 Å². The monoisotopic (exact) mass is 295 g/mol. The van der Waals surface area contributed by atoms with Crippen molar-refractivity contribution in [2.45, 2.75) is 6.10 Å². The molecular weight excluding hydrogens is 284 g/mol. The van der Waals surface area contributed by atoms with Crippen LogP contribution in [0.15, 0.2) is 42.5 Å². The van der Waals surface area contributed by atoms with Crippen LogP contribution in [0.3, 0.4) is 0 Å². The van der Waals surface area contributed by atoms with Crippen molar-refractivity contribution in [3.63, 3.8) is 0 Å². The maximum atomic E-state index is 13.0. The normalized spacial score (nSPS) is 12.0. The number of non-ortho nitro benzene ring substituents is 1. The van der Waals surface area contributed by atoms with Gasteiger partial charge in [-0.3, -0.25) is 10.1 Å². The van der Waals surface area contributed by atoms with E-state index in [2.05, 4.69) is 0 Å². The van der Waals surface area contributed by atoms with Crippen LogP contribution in [-0.2, 0) is 0 Å². The van der Waals surface area contributed by atoms with E-state index < -0.39 is 22.7 Å². The minimum absolute atomic E-state index is 0.0801. The summed E-state index contributed by atoms with van der Waals surface area (Å²) in [7, 11) is 0. The maximum Gasteiger partial charge on any atom is 0.269 e. The van der Waals surface area contributed by atoms with Crippen LogP contribution in [-0.4, -0.2) is 16.6 Å². The van der Waals surface area contributed by atoms with E-state index in [0.717, 1.165) is 12.1 Å².